The average molecular weight is 279 g/mol. The lowest BCUT2D eigenvalue weighted by Gasteiger charge is -2.22. The predicted octanol–water partition coefficient (Wildman–Crippen LogP) is 3.31. The van der Waals surface area contributed by atoms with Gasteiger partial charge in [0.25, 0.3) is 0 Å². The number of nitrogens with two attached hydrogens (primary N) is 1. The third kappa shape index (κ3) is 5.55. The summed E-state index contributed by atoms with van der Waals surface area (Å²) in [6, 6.07) is 4.31. The minimum Gasteiger partial charge on any atom is -0.271 e. The summed E-state index contributed by atoms with van der Waals surface area (Å²) in [7, 11) is 0. The maximum Gasteiger partial charge on any atom is 0.0931 e. The van der Waals surface area contributed by atoms with Gasteiger partial charge in [-0.2, -0.15) is 11.8 Å². The molecule has 0 radical (unpaired) electrons. The van der Waals surface area contributed by atoms with Gasteiger partial charge in [0.05, 0.1) is 4.34 Å². The molecule has 3 N–H and O–H groups in total. The number of nitrogens with one attached hydrogen (secondary N) is 1. The molecule has 0 saturated carbocycles. The minimum atomic E-state index is 0.280. The van der Waals surface area contributed by atoms with Crippen LogP contribution in [0, 0.1) is 0 Å². The van der Waals surface area contributed by atoms with Crippen LogP contribution in [0.4, 0.5) is 0 Å². The zero-order valence-electron chi connectivity index (χ0n) is 9.92. The monoisotopic (exact) mass is 278 g/mol. The van der Waals surface area contributed by atoms with E-state index >= 15 is 0 Å². The summed E-state index contributed by atoms with van der Waals surface area (Å²) in [6.07, 6.45) is 0.941. The molecule has 0 fully saturated rings. The highest BCUT2D eigenvalue weighted by molar-refractivity contribution is 8.00. The lowest BCUT2D eigenvalue weighted by atomic mass is 10.2. The van der Waals surface area contributed by atoms with Crippen molar-refractivity contribution in [3.05, 3.63) is 21.3 Å². The standard InChI is InChI=1S/C11H19ClN2S2/c1-11(2,3)15-7-8(14-13)6-9-4-5-10(12)16-9/h4-5,8,14H,6-7,13H2,1-3H3. The van der Waals surface area contributed by atoms with Crippen LogP contribution >= 0.6 is 34.7 Å². The van der Waals surface area contributed by atoms with Crippen molar-refractivity contribution in [3.8, 4) is 0 Å². The van der Waals surface area contributed by atoms with E-state index < -0.39 is 0 Å². The van der Waals surface area contributed by atoms with Gasteiger partial charge in [-0.3, -0.25) is 11.3 Å². The lowest BCUT2D eigenvalue weighted by molar-refractivity contribution is 0.577. The minimum absolute atomic E-state index is 0.280. The third-order valence-electron chi connectivity index (χ3n) is 2.03. The number of halogens is 1. The number of hydrogen-bond donors (Lipinski definition) is 2. The lowest BCUT2D eigenvalue weighted by Crippen LogP contribution is -2.39. The first-order valence-corrected chi connectivity index (χ1v) is 7.43. The Morgan fingerprint density at radius 3 is 2.62 bits per heavy atom. The van der Waals surface area contributed by atoms with E-state index in [1.807, 2.05) is 17.8 Å². The molecule has 92 valence electrons. The van der Waals surface area contributed by atoms with Crippen molar-refractivity contribution in [2.45, 2.75) is 38.0 Å². The molecular weight excluding hydrogens is 260 g/mol. The van der Waals surface area contributed by atoms with Crippen LogP contribution in [0.2, 0.25) is 4.34 Å². The fourth-order valence-corrected chi connectivity index (χ4v) is 3.30. The van der Waals surface area contributed by atoms with Gasteiger partial charge in [-0.15, -0.1) is 11.3 Å². The van der Waals surface area contributed by atoms with Crippen molar-refractivity contribution in [3.63, 3.8) is 0 Å². The number of hydrogen-bond acceptors (Lipinski definition) is 4. The van der Waals surface area contributed by atoms with Gasteiger partial charge in [-0.05, 0) is 18.6 Å². The Morgan fingerprint density at radius 1 is 1.50 bits per heavy atom. The third-order valence-corrected chi connectivity index (χ3v) is 4.72. The first kappa shape index (κ1) is 14.3. The molecule has 0 bridgehead atoms. The van der Waals surface area contributed by atoms with E-state index in [1.54, 1.807) is 11.3 Å². The van der Waals surface area contributed by atoms with E-state index in [-0.39, 0.29) is 4.75 Å². The quantitative estimate of drug-likeness (QED) is 0.641. The number of hydrazine groups is 1. The Labute approximate surface area is 111 Å². The molecule has 1 aromatic rings. The highest BCUT2D eigenvalue weighted by atomic mass is 35.5. The summed E-state index contributed by atoms with van der Waals surface area (Å²) in [5, 5.41) is 0. The zero-order chi connectivity index (χ0) is 12.2. The fourth-order valence-electron chi connectivity index (χ4n) is 1.22. The summed E-state index contributed by atoms with van der Waals surface area (Å²) < 4.78 is 1.12. The number of rotatable bonds is 5. The molecule has 1 aromatic heterocycles. The Bertz CT molecular complexity index is 320. The summed E-state index contributed by atoms with van der Waals surface area (Å²) in [5.41, 5.74) is 2.88. The number of thiophene rings is 1. The van der Waals surface area contributed by atoms with Gasteiger partial charge in [-0.1, -0.05) is 32.4 Å². The van der Waals surface area contributed by atoms with Gasteiger partial charge in [0.15, 0.2) is 0 Å². The van der Waals surface area contributed by atoms with E-state index in [9.17, 15) is 0 Å². The molecular formula is C11H19ClN2S2. The van der Waals surface area contributed by atoms with Crippen molar-refractivity contribution in [2.24, 2.45) is 5.84 Å². The molecule has 2 nitrogen and oxygen atoms in total. The molecule has 0 aliphatic heterocycles. The average Bonchev–Trinajstić information content (AvgIpc) is 2.57. The van der Waals surface area contributed by atoms with E-state index in [4.69, 9.17) is 17.4 Å². The van der Waals surface area contributed by atoms with E-state index in [0.29, 0.717) is 6.04 Å². The molecule has 0 spiro atoms. The van der Waals surface area contributed by atoms with Gasteiger partial charge in [0.2, 0.25) is 0 Å². The molecule has 5 heteroatoms. The highest BCUT2D eigenvalue weighted by Crippen LogP contribution is 2.26. The Kier molecular flexibility index (Phi) is 5.61. The summed E-state index contributed by atoms with van der Waals surface area (Å²) in [5.74, 6) is 6.57. The zero-order valence-corrected chi connectivity index (χ0v) is 12.3. The number of thioether (sulfide) groups is 1. The Morgan fingerprint density at radius 2 is 2.19 bits per heavy atom. The van der Waals surface area contributed by atoms with Crippen molar-refractivity contribution in [2.75, 3.05) is 5.75 Å². The Balaban J connectivity index is 2.43. The van der Waals surface area contributed by atoms with Gasteiger partial charge in [0.1, 0.15) is 0 Å². The summed E-state index contributed by atoms with van der Waals surface area (Å²) in [6.45, 7) is 6.65. The van der Waals surface area contributed by atoms with Crippen LogP contribution in [-0.2, 0) is 6.42 Å². The maximum absolute atomic E-state index is 5.90. The normalized spacial score (nSPS) is 14.1. The Hall–Kier alpha value is 0.260. The second kappa shape index (κ2) is 6.26. The smallest absolute Gasteiger partial charge is 0.0931 e. The molecule has 0 saturated heterocycles. The molecule has 0 aliphatic rings. The fraction of sp³-hybridized carbons (Fsp3) is 0.636. The second-order valence-electron chi connectivity index (χ2n) is 4.70. The molecule has 0 aromatic carbocycles. The van der Waals surface area contributed by atoms with E-state index in [2.05, 4.69) is 32.3 Å². The molecule has 1 heterocycles. The van der Waals surface area contributed by atoms with Crippen molar-refractivity contribution in [1.29, 1.82) is 0 Å². The van der Waals surface area contributed by atoms with Gasteiger partial charge in [-0.25, -0.2) is 0 Å². The van der Waals surface area contributed by atoms with E-state index in [1.165, 1.54) is 4.88 Å². The second-order valence-corrected chi connectivity index (χ2v) is 8.34. The van der Waals surface area contributed by atoms with Crippen molar-refractivity contribution in [1.82, 2.24) is 5.43 Å². The summed E-state index contributed by atoms with van der Waals surface area (Å²) in [4.78, 5) is 1.28. The van der Waals surface area contributed by atoms with Crippen molar-refractivity contribution >= 4 is 34.7 Å². The van der Waals surface area contributed by atoms with Crippen LogP contribution in [0.15, 0.2) is 12.1 Å². The van der Waals surface area contributed by atoms with Gasteiger partial charge < -0.3 is 0 Å². The van der Waals surface area contributed by atoms with Gasteiger partial charge in [0, 0.05) is 21.4 Å². The molecule has 1 unspecified atom stereocenters. The van der Waals surface area contributed by atoms with Crippen LogP contribution in [0.1, 0.15) is 25.6 Å². The first-order valence-electron chi connectivity index (χ1n) is 5.25. The molecule has 16 heavy (non-hydrogen) atoms. The highest BCUT2D eigenvalue weighted by Gasteiger charge is 2.15. The van der Waals surface area contributed by atoms with Crippen LogP contribution in [0.5, 0.6) is 0 Å². The first-order chi connectivity index (χ1) is 7.40. The summed E-state index contributed by atoms with van der Waals surface area (Å²) >= 11 is 9.45. The predicted molar refractivity (Wildman–Crippen MR) is 76.4 cm³/mol. The topological polar surface area (TPSA) is 38.0 Å². The van der Waals surface area contributed by atoms with Crippen LogP contribution in [-0.4, -0.2) is 16.5 Å². The van der Waals surface area contributed by atoms with E-state index in [0.717, 1.165) is 16.5 Å². The molecule has 1 rings (SSSR count). The molecule has 1 atom stereocenters. The maximum atomic E-state index is 5.90. The molecule has 0 amide bonds. The van der Waals surface area contributed by atoms with Crippen LogP contribution < -0.4 is 11.3 Å². The van der Waals surface area contributed by atoms with Crippen LogP contribution in [0.25, 0.3) is 0 Å². The van der Waals surface area contributed by atoms with Crippen LogP contribution in [0.3, 0.4) is 0 Å². The largest absolute Gasteiger partial charge is 0.271 e. The van der Waals surface area contributed by atoms with Gasteiger partial charge >= 0.3 is 0 Å². The van der Waals surface area contributed by atoms with Crippen molar-refractivity contribution < 1.29 is 0 Å². The molecule has 0 aliphatic carbocycles. The SMILES string of the molecule is CC(C)(C)SCC(Cc1ccc(Cl)s1)NN.